The number of phenols is 1. The van der Waals surface area contributed by atoms with E-state index in [1.54, 1.807) is 24.3 Å². The lowest BCUT2D eigenvalue weighted by atomic mass is 10.1. The Balaban J connectivity index is 1.98. The van der Waals surface area contributed by atoms with Crippen LogP contribution >= 0.6 is 27.5 Å². The molecule has 2 amide bonds. The summed E-state index contributed by atoms with van der Waals surface area (Å²) in [5.41, 5.74) is 4.33. The molecule has 1 aliphatic heterocycles. The lowest BCUT2D eigenvalue weighted by Gasteiger charge is -2.15. The third-order valence-corrected chi connectivity index (χ3v) is 4.90. The van der Waals surface area contributed by atoms with Crippen LogP contribution < -0.4 is 15.2 Å². The number of phenolic OH excluding ortho intramolecular Hbond substituents is 1. The largest absolute Gasteiger partial charge is 0.503 e. The summed E-state index contributed by atoms with van der Waals surface area (Å²) in [5, 5.41) is 11.5. The summed E-state index contributed by atoms with van der Waals surface area (Å²) in [6.45, 7) is 1.85. The summed E-state index contributed by atoms with van der Waals surface area (Å²) in [4.78, 5) is 24.9. The molecule has 0 aromatic heterocycles. The Labute approximate surface area is 163 Å². The highest BCUT2D eigenvalue weighted by molar-refractivity contribution is 9.10. The fourth-order valence-corrected chi connectivity index (χ4v) is 3.09. The molecule has 0 atom stereocenters. The number of rotatable bonds is 3. The average molecular weight is 438 g/mol. The van der Waals surface area contributed by atoms with E-state index in [1.165, 1.54) is 19.3 Å². The molecule has 134 valence electrons. The van der Waals surface area contributed by atoms with E-state index in [1.807, 2.05) is 6.92 Å². The zero-order valence-electron chi connectivity index (χ0n) is 13.8. The predicted molar refractivity (Wildman–Crippen MR) is 102 cm³/mol. The number of methoxy groups -OCH3 is 1. The molecule has 1 fully saturated rings. The molecule has 3 rings (SSSR count). The van der Waals surface area contributed by atoms with Crippen LogP contribution in [0.4, 0.5) is 5.69 Å². The van der Waals surface area contributed by atoms with Crippen molar-refractivity contribution in [1.82, 2.24) is 5.43 Å². The number of amides is 2. The van der Waals surface area contributed by atoms with Crippen molar-refractivity contribution in [1.29, 1.82) is 0 Å². The van der Waals surface area contributed by atoms with Crippen molar-refractivity contribution in [2.45, 2.75) is 6.92 Å². The monoisotopic (exact) mass is 436 g/mol. The van der Waals surface area contributed by atoms with E-state index >= 15 is 0 Å². The maximum absolute atomic E-state index is 12.7. The van der Waals surface area contributed by atoms with Crippen molar-refractivity contribution in [3.63, 3.8) is 0 Å². The van der Waals surface area contributed by atoms with Crippen molar-refractivity contribution in [3.05, 3.63) is 56.5 Å². The van der Waals surface area contributed by atoms with Gasteiger partial charge in [0.1, 0.15) is 5.57 Å². The van der Waals surface area contributed by atoms with Crippen molar-refractivity contribution in [3.8, 4) is 11.5 Å². The Kier molecular flexibility index (Phi) is 4.93. The second kappa shape index (κ2) is 7.01. The predicted octanol–water partition coefficient (Wildman–Crippen LogP) is 3.59. The van der Waals surface area contributed by atoms with Crippen LogP contribution in [0, 0.1) is 6.92 Å². The van der Waals surface area contributed by atoms with Gasteiger partial charge in [-0.1, -0.05) is 17.7 Å². The number of hydrazine groups is 1. The van der Waals surface area contributed by atoms with Crippen molar-refractivity contribution >= 4 is 51.1 Å². The second-order valence-corrected chi connectivity index (χ2v) is 6.89. The standard InChI is InChI=1S/C18H14BrClN2O4/c1-9-3-4-11(8-14(9)20)22-18(25)12(17(24)21-22)5-10-6-13(19)16(23)15(7-10)26-2/h3-8,23H,1-2H3,(H,21,24). The van der Waals surface area contributed by atoms with E-state index < -0.39 is 11.8 Å². The van der Waals surface area contributed by atoms with Gasteiger partial charge in [-0.2, -0.15) is 0 Å². The van der Waals surface area contributed by atoms with Gasteiger partial charge in [-0.15, -0.1) is 0 Å². The first-order valence-corrected chi connectivity index (χ1v) is 8.68. The Morgan fingerprint density at radius 1 is 1.27 bits per heavy atom. The summed E-state index contributed by atoms with van der Waals surface area (Å²) in [5.74, 6) is -0.875. The number of nitrogens with zero attached hydrogens (tertiary/aromatic N) is 1. The zero-order valence-corrected chi connectivity index (χ0v) is 16.2. The molecule has 0 saturated carbocycles. The number of halogens is 2. The number of hydrogen-bond donors (Lipinski definition) is 2. The normalized spacial score (nSPS) is 15.5. The van der Waals surface area contributed by atoms with Gasteiger partial charge in [-0.3, -0.25) is 15.0 Å². The van der Waals surface area contributed by atoms with Gasteiger partial charge >= 0.3 is 0 Å². The van der Waals surface area contributed by atoms with Gasteiger partial charge in [0, 0.05) is 5.02 Å². The third-order valence-electron chi connectivity index (χ3n) is 3.89. The maximum atomic E-state index is 12.7. The molecule has 0 bridgehead atoms. The molecule has 6 nitrogen and oxygen atoms in total. The average Bonchev–Trinajstić information content (AvgIpc) is 2.88. The van der Waals surface area contributed by atoms with Crippen LogP contribution in [-0.4, -0.2) is 24.0 Å². The van der Waals surface area contributed by atoms with Crippen LogP contribution in [0.25, 0.3) is 6.08 Å². The highest BCUT2D eigenvalue weighted by Crippen LogP contribution is 2.36. The fraction of sp³-hybridized carbons (Fsp3) is 0.111. The topological polar surface area (TPSA) is 78.9 Å². The van der Waals surface area contributed by atoms with E-state index in [0.29, 0.717) is 20.7 Å². The van der Waals surface area contributed by atoms with Gasteiger partial charge in [-0.25, -0.2) is 5.01 Å². The number of ether oxygens (including phenoxy) is 1. The molecule has 0 spiro atoms. The maximum Gasteiger partial charge on any atom is 0.282 e. The second-order valence-electron chi connectivity index (χ2n) is 5.63. The molecular weight excluding hydrogens is 424 g/mol. The quantitative estimate of drug-likeness (QED) is 0.568. The van der Waals surface area contributed by atoms with E-state index in [2.05, 4.69) is 21.4 Å². The van der Waals surface area contributed by atoms with Gasteiger partial charge in [0.15, 0.2) is 11.5 Å². The minimum Gasteiger partial charge on any atom is -0.503 e. The number of carbonyl (C=O) groups excluding carboxylic acids is 2. The summed E-state index contributed by atoms with van der Waals surface area (Å²) in [6, 6.07) is 8.18. The SMILES string of the molecule is COc1cc(C=C2C(=O)NN(c3ccc(C)c(Cl)c3)C2=O)cc(Br)c1O. The molecule has 2 N–H and O–H groups in total. The summed E-state index contributed by atoms with van der Waals surface area (Å²) >= 11 is 9.31. The Bertz CT molecular complexity index is 958. The molecule has 26 heavy (non-hydrogen) atoms. The molecule has 1 heterocycles. The molecule has 0 radical (unpaired) electrons. The van der Waals surface area contributed by atoms with Gasteiger partial charge < -0.3 is 9.84 Å². The number of benzene rings is 2. The van der Waals surface area contributed by atoms with Crippen LogP contribution in [-0.2, 0) is 9.59 Å². The molecule has 0 unspecified atom stereocenters. The molecule has 8 heteroatoms. The Morgan fingerprint density at radius 3 is 2.65 bits per heavy atom. The van der Waals surface area contributed by atoms with Crippen LogP contribution in [0.5, 0.6) is 11.5 Å². The van der Waals surface area contributed by atoms with Gasteiger partial charge in [0.05, 0.1) is 17.3 Å². The van der Waals surface area contributed by atoms with Crippen LogP contribution in [0.2, 0.25) is 5.02 Å². The lowest BCUT2D eigenvalue weighted by molar-refractivity contribution is -0.117. The lowest BCUT2D eigenvalue weighted by Crippen LogP contribution is -2.35. The van der Waals surface area contributed by atoms with Gasteiger partial charge in [0.25, 0.3) is 11.8 Å². The Hall–Kier alpha value is -2.51. The van der Waals surface area contributed by atoms with E-state index in [4.69, 9.17) is 16.3 Å². The number of carbonyl (C=O) groups is 2. The fourth-order valence-electron chi connectivity index (χ4n) is 2.46. The number of anilines is 1. The molecule has 1 aliphatic rings. The van der Waals surface area contributed by atoms with E-state index in [9.17, 15) is 14.7 Å². The van der Waals surface area contributed by atoms with Crippen LogP contribution in [0.15, 0.2) is 40.4 Å². The minimum atomic E-state index is -0.533. The first-order valence-electron chi connectivity index (χ1n) is 7.51. The summed E-state index contributed by atoms with van der Waals surface area (Å²) in [6.07, 6.45) is 1.43. The van der Waals surface area contributed by atoms with Crippen molar-refractivity contribution in [2.75, 3.05) is 12.1 Å². The van der Waals surface area contributed by atoms with Crippen molar-refractivity contribution < 1.29 is 19.4 Å². The third kappa shape index (κ3) is 3.27. The first kappa shape index (κ1) is 18.3. The minimum absolute atomic E-state index is 0.0404. The first-order chi connectivity index (χ1) is 12.3. The number of aryl methyl sites for hydroxylation is 1. The zero-order chi connectivity index (χ0) is 19.0. The molecule has 2 aromatic carbocycles. The van der Waals surface area contributed by atoms with E-state index in [-0.39, 0.29) is 17.1 Å². The molecular formula is C18H14BrClN2O4. The summed E-state index contributed by atoms with van der Waals surface area (Å²) in [7, 11) is 1.41. The molecule has 1 saturated heterocycles. The van der Waals surface area contributed by atoms with Crippen LogP contribution in [0.1, 0.15) is 11.1 Å². The number of aromatic hydroxyl groups is 1. The summed E-state index contributed by atoms with van der Waals surface area (Å²) < 4.78 is 5.47. The number of hydrogen-bond acceptors (Lipinski definition) is 4. The number of nitrogens with one attached hydrogen (secondary N) is 1. The highest BCUT2D eigenvalue weighted by atomic mass is 79.9. The van der Waals surface area contributed by atoms with E-state index in [0.717, 1.165) is 10.6 Å². The smallest absolute Gasteiger partial charge is 0.282 e. The Morgan fingerprint density at radius 2 is 2.00 bits per heavy atom. The van der Waals surface area contributed by atoms with Gasteiger partial charge in [0.2, 0.25) is 0 Å². The van der Waals surface area contributed by atoms with Crippen LogP contribution in [0.3, 0.4) is 0 Å². The highest BCUT2D eigenvalue weighted by Gasteiger charge is 2.34. The van der Waals surface area contributed by atoms with Crippen molar-refractivity contribution in [2.24, 2.45) is 0 Å². The molecule has 0 aliphatic carbocycles. The molecule has 2 aromatic rings. The van der Waals surface area contributed by atoms with Gasteiger partial charge in [-0.05, 0) is 64.3 Å².